The first kappa shape index (κ1) is 20.5. The zero-order valence-corrected chi connectivity index (χ0v) is 15.3. The predicted molar refractivity (Wildman–Crippen MR) is 104 cm³/mol. The molecule has 1 amide bonds. The molecule has 0 aliphatic rings. The predicted octanol–water partition coefficient (Wildman–Crippen LogP) is 2.53. The van der Waals surface area contributed by atoms with Gasteiger partial charge in [-0.25, -0.2) is 0 Å². The highest BCUT2D eigenvalue weighted by Gasteiger charge is 2.19. The first-order chi connectivity index (χ1) is 13.3. The number of ether oxygens (including phenoxy) is 1. The number of hydrazine groups is 1. The maximum atomic E-state index is 12.2. The van der Waals surface area contributed by atoms with Gasteiger partial charge in [0.15, 0.2) is 10.9 Å². The number of amides is 1. The molecule has 0 radical (unpaired) electrons. The topological polar surface area (TPSA) is 149 Å². The molecule has 28 heavy (non-hydrogen) atoms. The van der Waals surface area contributed by atoms with E-state index >= 15 is 0 Å². The monoisotopic (exact) mass is 405 g/mol. The minimum atomic E-state index is -0.658. The molecule has 0 aliphatic carbocycles. The highest BCUT2D eigenvalue weighted by atomic mass is 32.1. The van der Waals surface area contributed by atoms with Crippen LogP contribution in [0, 0.1) is 20.2 Å². The van der Waals surface area contributed by atoms with Crippen molar-refractivity contribution in [1.29, 1.82) is 0 Å². The summed E-state index contributed by atoms with van der Waals surface area (Å²) in [5, 5.41) is 24.0. The van der Waals surface area contributed by atoms with Crippen molar-refractivity contribution < 1.29 is 19.4 Å². The van der Waals surface area contributed by atoms with Crippen LogP contribution in [0.4, 0.5) is 17.1 Å². The summed E-state index contributed by atoms with van der Waals surface area (Å²) in [6.07, 6.45) is 0. The van der Waals surface area contributed by atoms with E-state index in [4.69, 9.17) is 17.0 Å². The Balaban J connectivity index is 1.98. The van der Waals surface area contributed by atoms with Crippen molar-refractivity contribution in [2.45, 2.75) is 6.92 Å². The molecular formula is C16H15N5O6S. The largest absolute Gasteiger partial charge is 0.487 e. The number of rotatable bonds is 7. The van der Waals surface area contributed by atoms with Crippen LogP contribution in [0.1, 0.15) is 17.3 Å². The number of non-ortho nitro benzene ring substituents is 1. The molecule has 0 bridgehead atoms. The van der Waals surface area contributed by atoms with Crippen LogP contribution >= 0.6 is 12.2 Å². The number of hydrogen-bond donors (Lipinski definition) is 3. The molecule has 2 rings (SSSR count). The summed E-state index contributed by atoms with van der Waals surface area (Å²) < 4.78 is 5.16. The SMILES string of the molecule is CCOc1ccc(C(=O)NC(=S)NNc2ccc([N+](=O)[O-])cc2)cc1[N+](=O)[O-]. The Morgan fingerprint density at radius 2 is 1.79 bits per heavy atom. The van der Waals surface area contributed by atoms with Gasteiger partial charge >= 0.3 is 5.69 Å². The van der Waals surface area contributed by atoms with Gasteiger partial charge in [-0.1, -0.05) is 0 Å². The number of nitro benzene ring substituents is 2. The fourth-order valence-corrected chi connectivity index (χ4v) is 2.22. The van der Waals surface area contributed by atoms with Gasteiger partial charge in [-0.15, -0.1) is 0 Å². The summed E-state index contributed by atoms with van der Waals surface area (Å²) in [5.41, 5.74) is 5.29. The fourth-order valence-electron chi connectivity index (χ4n) is 2.08. The number of carbonyl (C=O) groups is 1. The standard InChI is InChI=1S/C16H15N5O6S/c1-2-27-14-8-3-10(9-13(14)21(25)26)15(22)17-16(28)19-18-11-4-6-12(7-5-11)20(23)24/h3-9,18H,2H2,1H3,(H2,17,19,22,28). The van der Waals surface area contributed by atoms with Crippen molar-refractivity contribution in [3.05, 3.63) is 68.3 Å². The minimum Gasteiger partial charge on any atom is -0.487 e. The van der Waals surface area contributed by atoms with Crippen molar-refractivity contribution >= 4 is 40.3 Å². The van der Waals surface area contributed by atoms with E-state index in [0.29, 0.717) is 5.69 Å². The molecule has 2 aromatic rings. The van der Waals surface area contributed by atoms with Crippen LogP contribution in [0.2, 0.25) is 0 Å². The average molecular weight is 405 g/mol. The third-order valence-electron chi connectivity index (χ3n) is 3.34. The Morgan fingerprint density at radius 1 is 1.11 bits per heavy atom. The number of thiocarbonyl (C=S) groups is 1. The van der Waals surface area contributed by atoms with E-state index in [0.717, 1.165) is 6.07 Å². The van der Waals surface area contributed by atoms with Crippen molar-refractivity contribution in [3.63, 3.8) is 0 Å². The average Bonchev–Trinajstić information content (AvgIpc) is 2.67. The molecule has 146 valence electrons. The number of carbonyl (C=O) groups excluding carboxylic acids is 1. The van der Waals surface area contributed by atoms with Gasteiger partial charge in [0, 0.05) is 23.8 Å². The number of nitro groups is 2. The van der Waals surface area contributed by atoms with E-state index in [2.05, 4.69) is 16.2 Å². The third kappa shape index (κ3) is 5.35. The van der Waals surface area contributed by atoms with E-state index in [1.165, 1.54) is 36.4 Å². The lowest BCUT2D eigenvalue weighted by Crippen LogP contribution is -2.41. The molecule has 0 saturated carbocycles. The molecular weight excluding hydrogens is 390 g/mol. The molecule has 0 unspecified atom stereocenters. The molecule has 0 saturated heterocycles. The quantitative estimate of drug-likeness (QED) is 0.359. The van der Waals surface area contributed by atoms with Gasteiger partial charge in [-0.2, -0.15) is 0 Å². The number of benzene rings is 2. The molecule has 0 heterocycles. The van der Waals surface area contributed by atoms with Crippen LogP contribution in [0.15, 0.2) is 42.5 Å². The fraction of sp³-hybridized carbons (Fsp3) is 0.125. The van der Waals surface area contributed by atoms with Gasteiger partial charge in [0.1, 0.15) is 0 Å². The van der Waals surface area contributed by atoms with Crippen molar-refractivity contribution in [3.8, 4) is 5.75 Å². The second-order valence-electron chi connectivity index (χ2n) is 5.21. The maximum absolute atomic E-state index is 12.2. The van der Waals surface area contributed by atoms with Gasteiger partial charge in [0.05, 0.1) is 22.1 Å². The number of nitrogens with zero attached hydrogens (tertiary/aromatic N) is 2. The Labute approximate surface area is 164 Å². The smallest absolute Gasteiger partial charge is 0.311 e. The number of anilines is 1. The molecule has 2 aromatic carbocycles. The molecule has 0 aromatic heterocycles. The van der Waals surface area contributed by atoms with E-state index in [-0.39, 0.29) is 34.4 Å². The van der Waals surface area contributed by atoms with Crippen LogP contribution in [-0.4, -0.2) is 27.5 Å². The van der Waals surface area contributed by atoms with Gasteiger partial charge in [0.2, 0.25) is 0 Å². The van der Waals surface area contributed by atoms with Crippen LogP contribution in [0.25, 0.3) is 0 Å². The van der Waals surface area contributed by atoms with Gasteiger partial charge < -0.3 is 4.74 Å². The normalized spacial score (nSPS) is 9.89. The highest BCUT2D eigenvalue weighted by molar-refractivity contribution is 7.80. The lowest BCUT2D eigenvalue weighted by atomic mass is 10.1. The zero-order chi connectivity index (χ0) is 20.7. The maximum Gasteiger partial charge on any atom is 0.311 e. The second-order valence-corrected chi connectivity index (χ2v) is 5.62. The van der Waals surface area contributed by atoms with Crippen LogP contribution in [0.3, 0.4) is 0 Å². The second kappa shape index (κ2) is 9.23. The van der Waals surface area contributed by atoms with E-state index in [1.807, 2.05) is 0 Å². The molecule has 0 aliphatic heterocycles. The summed E-state index contributed by atoms with van der Waals surface area (Å²) >= 11 is 4.98. The van der Waals surface area contributed by atoms with Crippen LogP contribution < -0.4 is 20.9 Å². The van der Waals surface area contributed by atoms with E-state index < -0.39 is 15.8 Å². The van der Waals surface area contributed by atoms with Crippen molar-refractivity contribution in [2.24, 2.45) is 0 Å². The summed E-state index contributed by atoms with van der Waals surface area (Å²) in [6.45, 7) is 1.93. The Bertz CT molecular complexity index is 918. The third-order valence-corrected chi connectivity index (χ3v) is 3.55. The summed E-state index contributed by atoms with van der Waals surface area (Å²) in [5.74, 6) is -0.598. The van der Waals surface area contributed by atoms with Gasteiger partial charge in [-0.05, 0) is 43.4 Å². The number of hydrogen-bond acceptors (Lipinski definition) is 8. The minimum absolute atomic E-state index is 0.0228. The molecule has 0 atom stereocenters. The highest BCUT2D eigenvalue weighted by Crippen LogP contribution is 2.27. The lowest BCUT2D eigenvalue weighted by molar-refractivity contribution is -0.385. The van der Waals surface area contributed by atoms with E-state index in [1.54, 1.807) is 6.92 Å². The van der Waals surface area contributed by atoms with Gasteiger partial charge in [0.25, 0.3) is 11.6 Å². The van der Waals surface area contributed by atoms with Gasteiger partial charge in [-0.3, -0.25) is 41.2 Å². The molecule has 11 nitrogen and oxygen atoms in total. The van der Waals surface area contributed by atoms with Crippen LogP contribution in [-0.2, 0) is 0 Å². The molecule has 0 fully saturated rings. The first-order valence-electron chi connectivity index (χ1n) is 7.85. The summed E-state index contributed by atoms with van der Waals surface area (Å²) in [7, 11) is 0. The molecule has 12 heteroatoms. The lowest BCUT2D eigenvalue weighted by Gasteiger charge is -2.12. The van der Waals surface area contributed by atoms with Crippen molar-refractivity contribution in [2.75, 3.05) is 12.0 Å². The molecule has 3 N–H and O–H groups in total. The zero-order valence-electron chi connectivity index (χ0n) is 14.5. The first-order valence-corrected chi connectivity index (χ1v) is 8.25. The van der Waals surface area contributed by atoms with Crippen LogP contribution in [0.5, 0.6) is 5.75 Å². The summed E-state index contributed by atoms with van der Waals surface area (Å²) in [4.78, 5) is 32.8. The Morgan fingerprint density at radius 3 is 2.36 bits per heavy atom. The summed E-state index contributed by atoms with van der Waals surface area (Å²) in [6, 6.07) is 9.29. The Hall–Kier alpha value is -3.80. The number of nitrogens with one attached hydrogen (secondary N) is 3. The van der Waals surface area contributed by atoms with E-state index in [9.17, 15) is 25.0 Å². The van der Waals surface area contributed by atoms with Crippen molar-refractivity contribution in [1.82, 2.24) is 10.7 Å². The Kier molecular flexibility index (Phi) is 6.76. The molecule has 0 spiro atoms.